The van der Waals surface area contributed by atoms with Crippen LogP contribution in [0.5, 0.6) is 0 Å². The van der Waals surface area contributed by atoms with Crippen LogP contribution in [0.25, 0.3) is 0 Å². The summed E-state index contributed by atoms with van der Waals surface area (Å²) in [4.78, 5) is 11.7. The van der Waals surface area contributed by atoms with Crippen LogP contribution >= 0.6 is 11.6 Å². The molecule has 0 radical (unpaired) electrons. The van der Waals surface area contributed by atoms with Crippen molar-refractivity contribution in [2.75, 3.05) is 5.32 Å². The zero-order chi connectivity index (χ0) is 14.7. The number of nitrogens with zero attached hydrogens (tertiary/aromatic N) is 1. The minimum atomic E-state index is -0.736. The van der Waals surface area contributed by atoms with Gasteiger partial charge in [-0.25, -0.2) is 4.39 Å². The molecule has 1 heterocycles. The van der Waals surface area contributed by atoms with Crippen molar-refractivity contribution >= 4 is 29.0 Å². The molecule has 4 N–H and O–H groups in total. The molecule has 2 rings (SSSR count). The summed E-state index contributed by atoms with van der Waals surface area (Å²) < 4.78 is 18.7. The molecule has 0 atom stereocenters. The van der Waals surface area contributed by atoms with Crippen LogP contribution in [0.15, 0.2) is 39.9 Å². The second-order valence-electron chi connectivity index (χ2n) is 3.74. The maximum Gasteiger partial charge on any atom is 0.291 e. The molecule has 0 bridgehead atoms. The third-order valence-electron chi connectivity index (χ3n) is 2.42. The highest BCUT2D eigenvalue weighted by atomic mass is 35.5. The molecule has 0 saturated heterocycles. The van der Waals surface area contributed by atoms with E-state index in [9.17, 15) is 9.18 Å². The van der Waals surface area contributed by atoms with Crippen LogP contribution in [0.4, 0.5) is 10.1 Å². The number of nitrogens with one attached hydrogen (secondary N) is 1. The molecular weight excluding hydrogens is 289 g/mol. The number of nitrogens with two attached hydrogens (primary N) is 1. The third kappa shape index (κ3) is 2.89. The maximum atomic E-state index is 13.8. The lowest BCUT2D eigenvalue weighted by atomic mass is 10.2. The highest BCUT2D eigenvalue weighted by molar-refractivity contribution is 6.29. The summed E-state index contributed by atoms with van der Waals surface area (Å²) >= 11 is 5.54. The van der Waals surface area contributed by atoms with Crippen molar-refractivity contribution in [1.29, 1.82) is 0 Å². The SMILES string of the molecule is N/C(=N/O)c1ccc(NC(=O)c2ccc(Cl)o2)c(F)c1. The van der Waals surface area contributed by atoms with Gasteiger partial charge in [0.1, 0.15) is 5.82 Å². The lowest BCUT2D eigenvalue weighted by Gasteiger charge is -2.06. The summed E-state index contributed by atoms with van der Waals surface area (Å²) in [6.45, 7) is 0. The van der Waals surface area contributed by atoms with E-state index in [1.54, 1.807) is 0 Å². The fraction of sp³-hybridized carbons (Fsp3) is 0. The van der Waals surface area contributed by atoms with Gasteiger partial charge in [-0.1, -0.05) is 5.16 Å². The highest BCUT2D eigenvalue weighted by Gasteiger charge is 2.14. The Hall–Kier alpha value is -2.54. The number of hydrogen-bond donors (Lipinski definition) is 3. The fourth-order valence-electron chi connectivity index (χ4n) is 1.45. The Morgan fingerprint density at radius 1 is 1.40 bits per heavy atom. The number of amidine groups is 1. The second kappa shape index (κ2) is 5.62. The van der Waals surface area contributed by atoms with E-state index in [0.717, 1.165) is 6.07 Å². The second-order valence-corrected chi connectivity index (χ2v) is 4.11. The molecule has 1 amide bonds. The number of carbonyl (C=O) groups is 1. The molecule has 8 heteroatoms. The minimum absolute atomic E-state index is 0.0464. The third-order valence-corrected chi connectivity index (χ3v) is 2.62. The molecule has 0 spiro atoms. The number of hydrogen-bond acceptors (Lipinski definition) is 4. The maximum absolute atomic E-state index is 13.8. The Balaban J connectivity index is 2.20. The number of rotatable bonds is 3. The Morgan fingerprint density at radius 3 is 2.70 bits per heavy atom. The van der Waals surface area contributed by atoms with Gasteiger partial charge < -0.3 is 20.7 Å². The van der Waals surface area contributed by atoms with Gasteiger partial charge in [-0.15, -0.1) is 0 Å². The van der Waals surface area contributed by atoms with Crippen LogP contribution in [0.3, 0.4) is 0 Å². The monoisotopic (exact) mass is 297 g/mol. The van der Waals surface area contributed by atoms with Gasteiger partial charge in [-0.3, -0.25) is 4.79 Å². The van der Waals surface area contributed by atoms with Gasteiger partial charge in [0.25, 0.3) is 5.91 Å². The first-order chi connectivity index (χ1) is 9.51. The molecular formula is C12H9ClFN3O3. The quantitative estimate of drug-likeness (QED) is 0.350. The standard InChI is InChI=1S/C12H9ClFN3O3/c13-10-4-3-9(20-10)12(18)16-8-2-1-6(5-7(8)14)11(15)17-19/h1-5,19H,(H2,15,17)(H,16,18). The first-order valence-corrected chi connectivity index (χ1v) is 5.73. The summed E-state index contributed by atoms with van der Waals surface area (Å²) in [5.41, 5.74) is 5.44. The molecule has 104 valence electrons. The van der Waals surface area contributed by atoms with Crippen molar-refractivity contribution in [3.8, 4) is 0 Å². The van der Waals surface area contributed by atoms with Crippen molar-refractivity contribution < 1.29 is 18.8 Å². The molecule has 1 aromatic carbocycles. The highest BCUT2D eigenvalue weighted by Crippen LogP contribution is 2.18. The Kier molecular flexibility index (Phi) is 3.90. The Bertz CT molecular complexity index is 684. The predicted molar refractivity (Wildman–Crippen MR) is 70.6 cm³/mol. The first kappa shape index (κ1) is 13.9. The van der Waals surface area contributed by atoms with Crippen LogP contribution in [0.2, 0.25) is 5.22 Å². The van der Waals surface area contributed by atoms with Crippen molar-refractivity contribution in [2.45, 2.75) is 0 Å². The topological polar surface area (TPSA) is 101 Å². The summed E-state index contributed by atoms with van der Waals surface area (Å²) in [6, 6.07) is 6.46. The number of benzene rings is 1. The van der Waals surface area contributed by atoms with Gasteiger partial charge in [0.2, 0.25) is 0 Å². The fourth-order valence-corrected chi connectivity index (χ4v) is 1.60. The van der Waals surface area contributed by atoms with Crippen molar-refractivity contribution in [2.24, 2.45) is 10.9 Å². The van der Waals surface area contributed by atoms with Crippen LogP contribution < -0.4 is 11.1 Å². The predicted octanol–water partition coefficient (Wildman–Crippen LogP) is 2.42. The van der Waals surface area contributed by atoms with Crippen LogP contribution in [0, 0.1) is 5.82 Å². The summed E-state index contributed by atoms with van der Waals surface area (Å²) in [5, 5.41) is 13.6. The van der Waals surface area contributed by atoms with Crippen LogP contribution in [0.1, 0.15) is 16.1 Å². The lowest BCUT2D eigenvalue weighted by molar-refractivity contribution is 0.0996. The normalized spacial score (nSPS) is 11.4. The molecule has 0 aliphatic carbocycles. The van der Waals surface area contributed by atoms with E-state index < -0.39 is 11.7 Å². The van der Waals surface area contributed by atoms with Crippen LogP contribution in [-0.4, -0.2) is 17.0 Å². The number of carbonyl (C=O) groups excluding carboxylic acids is 1. The van der Waals surface area contributed by atoms with Gasteiger partial charge >= 0.3 is 0 Å². The van der Waals surface area contributed by atoms with E-state index >= 15 is 0 Å². The van der Waals surface area contributed by atoms with Gasteiger partial charge in [-0.2, -0.15) is 0 Å². The first-order valence-electron chi connectivity index (χ1n) is 5.35. The Labute approximate surface area is 117 Å². The Morgan fingerprint density at radius 2 is 2.15 bits per heavy atom. The average Bonchev–Trinajstić information content (AvgIpc) is 2.86. The average molecular weight is 298 g/mol. The molecule has 0 unspecified atom stereocenters. The number of anilines is 1. The lowest BCUT2D eigenvalue weighted by Crippen LogP contribution is -2.15. The molecule has 0 aliphatic heterocycles. The molecule has 1 aromatic heterocycles. The zero-order valence-corrected chi connectivity index (χ0v) is 10.7. The van der Waals surface area contributed by atoms with Gasteiger partial charge in [-0.05, 0) is 41.9 Å². The zero-order valence-electron chi connectivity index (χ0n) is 9.93. The minimum Gasteiger partial charge on any atom is -0.440 e. The number of oxime groups is 1. The molecule has 6 nitrogen and oxygen atoms in total. The van der Waals surface area contributed by atoms with Gasteiger partial charge in [0, 0.05) is 5.56 Å². The smallest absolute Gasteiger partial charge is 0.291 e. The van der Waals surface area contributed by atoms with Crippen molar-refractivity contribution in [3.63, 3.8) is 0 Å². The molecule has 0 fully saturated rings. The summed E-state index contributed by atoms with van der Waals surface area (Å²) in [7, 11) is 0. The number of halogens is 2. The molecule has 20 heavy (non-hydrogen) atoms. The van der Waals surface area contributed by atoms with E-state index in [-0.39, 0.29) is 28.1 Å². The summed E-state index contributed by atoms with van der Waals surface area (Å²) in [5.74, 6) is -1.66. The molecule has 0 saturated carbocycles. The molecule has 2 aromatic rings. The van der Waals surface area contributed by atoms with Crippen molar-refractivity contribution in [3.05, 3.63) is 52.7 Å². The van der Waals surface area contributed by atoms with Gasteiger partial charge in [0.05, 0.1) is 5.69 Å². The van der Waals surface area contributed by atoms with Crippen molar-refractivity contribution in [1.82, 2.24) is 0 Å². The van der Waals surface area contributed by atoms with Crippen LogP contribution in [-0.2, 0) is 0 Å². The molecule has 0 aliphatic rings. The number of amides is 1. The van der Waals surface area contributed by atoms with Gasteiger partial charge in [0.15, 0.2) is 16.8 Å². The van der Waals surface area contributed by atoms with E-state index in [1.165, 1.54) is 24.3 Å². The van der Waals surface area contributed by atoms with E-state index in [4.69, 9.17) is 27.0 Å². The van der Waals surface area contributed by atoms with E-state index in [0.29, 0.717) is 0 Å². The number of furan rings is 1. The van der Waals surface area contributed by atoms with E-state index in [1.807, 2.05) is 0 Å². The largest absolute Gasteiger partial charge is 0.440 e. The van der Waals surface area contributed by atoms with E-state index in [2.05, 4.69) is 10.5 Å². The summed E-state index contributed by atoms with van der Waals surface area (Å²) in [6.07, 6.45) is 0.